The van der Waals surface area contributed by atoms with Gasteiger partial charge in [0.05, 0.1) is 28.0 Å². The molecule has 3 nitrogen and oxygen atoms in total. The molecular formula is C13H21ClN2O. The van der Waals surface area contributed by atoms with Crippen LogP contribution in [0.3, 0.4) is 0 Å². The second-order valence-corrected chi connectivity index (χ2v) is 5.46. The van der Waals surface area contributed by atoms with E-state index in [2.05, 4.69) is 5.32 Å². The smallest absolute Gasteiger partial charge is 0.0789 e. The molecule has 0 amide bonds. The van der Waals surface area contributed by atoms with Gasteiger partial charge in [0.2, 0.25) is 0 Å². The van der Waals surface area contributed by atoms with Crippen molar-refractivity contribution in [3.05, 3.63) is 23.2 Å². The number of hydrogen-bond donors (Lipinski definition) is 2. The third kappa shape index (κ3) is 3.51. The minimum atomic E-state index is -0.786. The molecule has 0 aliphatic rings. The number of benzene rings is 1. The average Bonchev–Trinajstić information content (AvgIpc) is 2.15. The van der Waals surface area contributed by atoms with Gasteiger partial charge in [0, 0.05) is 14.1 Å². The number of anilines is 2. The van der Waals surface area contributed by atoms with Crippen molar-refractivity contribution in [1.82, 2.24) is 0 Å². The first-order chi connectivity index (χ1) is 7.73. The van der Waals surface area contributed by atoms with E-state index in [1.165, 1.54) is 0 Å². The molecule has 0 fully saturated rings. The minimum Gasteiger partial charge on any atom is -0.388 e. The number of rotatable bonds is 4. The summed E-state index contributed by atoms with van der Waals surface area (Å²) in [6.07, 6.45) is 0. The van der Waals surface area contributed by atoms with Gasteiger partial charge in [-0.05, 0) is 32.9 Å². The lowest BCUT2D eigenvalue weighted by Crippen LogP contribution is -2.39. The summed E-state index contributed by atoms with van der Waals surface area (Å²) in [6.45, 7) is 5.51. The topological polar surface area (TPSA) is 35.5 Å². The summed E-state index contributed by atoms with van der Waals surface area (Å²) in [5.41, 5.74) is 1.08. The Morgan fingerprint density at radius 2 is 1.94 bits per heavy atom. The zero-order valence-electron chi connectivity index (χ0n) is 11.1. The SMILES string of the molecule is CC(Nc1cccc(Cl)c1N(C)C)C(C)(C)O. The minimum absolute atomic E-state index is 0.0698. The van der Waals surface area contributed by atoms with Crippen LogP contribution in [-0.2, 0) is 0 Å². The molecule has 1 aromatic rings. The summed E-state index contributed by atoms with van der Waals surface area (Å²) in [4.78, 5) is 1.96. The lowest BCUT2D eigenvalue weighted by atomic mass is 10.0. The Hall–Kier alpha value is -0.930. The fraction of sp³-hybridized carbons (Fsp3) is 0.538. The lowest BCUT2D eigenvalue weighted by molar-refractivity contribution is 0.0649. The Balaban J connectivity index is 3.03. The number of hydrogen-bond acceptors (Lipinski definition) is 3. The molecule has 0 aliphatic carbocycles. The van der Waals surface area contributed by atoms with E-state index in [1.807, 2.05) is 44.1 Å². The van der Waals surface area contributed by atoms with Gasteiger partial charge >= 0.3 is 0 Å². The molecule has 4 heteroatoms. The Morgan fingerprint density at radius 1 is 1.35 bits per heavy atom. The molecule has 0 aliphatic heterocycles. The molecule has 0 aromatic heterocycles. The molecule has 17 heavy (non-hydrogen) atoms. The van der Waals surface area contributed by atoms with Crippen molar-refractivity contribution in [2.45, 2.75) is 32.4 Å². The Kier molecular flexibility index (Phi) is 4.28. The van der Waals surface area contributed by atoms with Crippen molar-refractivity contribution in [3.8, 4) is 0 Å². The molecule has 0 saturated heterocycles. The number of halogens is 1. The van der Waals surface area contributed by atoms with Crippen LogP contribution < -0.4 is 10.2 Å². The Labute approximate surface area is 108 Å². The van der Waals surface area contributed by atoms with Crippen LogP contribution in [0, 0.1) is 0 Å². The zero-order chi connectivity index (χ0) is 13.2. The van der Waals surface area contributed by atoms with Gasteiger partial charge in [0.15, 0.2) is 0 Å². The van der Waals surface area contributed by atoms with Crippen molar-refractivity contribution in [1.29, 1.82) is 0 Å². The lowest BCUT2D eigenvalue weighted by Gasteiger charge is -2.30. The van der Waals surface area contributed by atoms with Crippen molar-refractivity contribution < 1.29 is 5.11 Å². The Bertz CT molecular complexity index is 385. The maximum Gasteiger partial charge on any atom is 0.0789 e. The fourth-order valence-electron chi connectivity index (χ4n) is 1.50. The van der Waals surface area contributed by atoms with Crippen LogP contribution >= 0.6 is 11.6 Å². The van der Waals surface area contributed by atoms with Gasteiger partial charge in [-0.1, -0.05) is 17.7 Å². The van der Waals surface area contributed by atoms with E-state index in [1.54, 1.807) is 13.8 Å². The summed E-state index contributed by atoms with van der Waals surface area (Å²) >= 11 is 6.18. The quantitative estimate of drug-likeness (QED) is 0.870. The van der Waals surface area contributed by atoms with Crippen LogP contribution in [-0.4, -0.2) is 30.8 Å². The molecule has 0 spiro atoms. The number of para-hydroxylation sites is 1. The van der Waals surface area contributed by atoms with Gasteiger partial charge in [0.25, 0.3) is 0 Å². The highest BCUT2D eigenvalue weighted by Crippen LogP contribution is 2.33. The fourth-order valence-corrected chi connectivity index (χ4v) is 1.84. The van der Waals surface area contributed by atoms with Gasteiger partial charge in [-0.3, -0.25) is 0 Å². The monoisotopic (exact) mass is 256 g/mol. The predicted molar refractivity (Wildman–Crippen MR) is 75.2 cm³/mol. The second kappa shape index (κ2) is 5.15. The molecule has 1 rings (SSSR count). The number of nitrogens with one attached hydrogen (secondary N) is 1. The van der Waals surface area contributed by atoms with E-state index < -0.39 is 5.60 Å². The van der Waals surface area contributed by atoms with Crippen molar-refractivity contribution in [2.75, 3.05) is 24.3 Å². The largest absolute Gasteiger partial charge is 0.388 e. The van der Waals surface area contributed by atoms with Gasteiger partial charge in [0.1, 0.15) is 0 Å². The third-order valence-electron chi connectivity index (χ3n) is 2.87. The molecule has 1 aromatic carbocycles. The summed E-state index contributed by atoms with van der Waals surface area (Å²) in [5, 5.41) is 13.9. The van der Waals surface area contributed by atoms with E-state index in [0.717, 1.165) is 11.4 Å². The number of aliphatic hydroxyl groups is 1. The molecule has 0 saturated carbocycles. The maximum atomic E-state index is 9.94. The van der Waals surface area contributed by atoms with Crippen molar-refractivity contribution in [2.24, 2.45) is 0 Å². The zero-order valence-corrected chi connectivity index (χ0v) is 11.8. The molecule has 2 N–H and O–H groups in total. The normalized spacial score (nSPS) is 13.4. The van der Waals surface area contributed by atoms with Gasteiger partial charge in [-0.15, -0.1) is 0 Å². The predicted octanol–water partition coefficient (Wildman–Crippen LogP) is 2.98. The van der Waals surface area contributed by atoms with E-state index in [-0.39, 0.29) is 6.04 Å². The first-order valence-electron chi connectivity index (χ1n) is 5.68. The van der Waals surface area contributed by atoms with E-state index in [4.69, 9.17) is 11.6 Å². The summed E-state index contributed by atoms with van der Waals surface area (Å²) in [6, 6.07) is 5.65. The average molecular weight is 257 g/mol. The number of nitrogens with zero attached hydrogens (tertiary/aromatic N) is 1. The van der Waals surface area contributed by atoms with Crippen molar-refractivity contribution >= 4 is 23.0 Å². The molecule has 0 radical (unpaired) electrons. The van der Waals surface area contributed by atoms with E-state index >= 15 is 0 Å². The van der Waals surface area contributed by atoms with Crippen LogP contribution in [0.1, 0.15) is 20.8 Å². The summed E-state index contributed by atoms with van der Waals surface area (Å²) in [5.74, 6) is 0. The molecule has 1 atom stereocenters. The van der Waals surface area contributed by atoms with Crippen LogP contribution in [0.5, 0.6) is 0 Å². The summed E-state index contributed by atoms with van der Waals surface area (Å²) in [7, 11) is 3.89. The first kappa shape index (κ1) is 14.1. The maximum absolute atomic E-state index is 9.94. The molecule has 0 bridgehead atoms. The van der Waals surface area contributed by atoms with Gasteiger partial charge in [-0.25, -0.2) is 0 Å². The van der Waals surface area contributed by atoms with E-state index in [0.29, 0.717) is 5.02 Å². The van der Waals surface area contributed by atoms with Crippen LogP contribution in [0.15, 0.2) is 18.2 Å². The van der Waals surface area contributed by atoms with Crippen molar-refractivity contribution in [3.63, 3.8) is 0 Å². The first-order valence-corrected chi connectivity index (χ1v) is 6.06. The highest BCUT2D eigenvalue weighted by molar-refractivity contribution is 6.34. The highest BCUT2D eigenvalue weighted by Gasteiger charge is 2.23. The van der Waals surface area contributed by atoms with Crippen LogP contribution in [0.25, 0.3) is 0 Å². The van der Waals surface area contributed by atoms with Crippen LogP contribution in [0.2, 0.25) is 5.02 Å². The standard InChI is InChI=1S/C13H21ClN2O/c1-9(13(2,3)17)15-11-8-6-7-10(14)12(11)16(4)5/h6-9,15,17H,1-5H3. The van der Waals surface area contributed by atoms with Crippen LogP contribution in [0.4, 0.5) is 11.4 Å². The van der Waals surface area contributed by atoms with Gasteiger partial charge < -0.3 is 15.3 Å². The third-order valence-corrected chi connectivity index (χ3v) is 3.17. The molecule has 0 heterocycles. The second-order valence-electron chi connectivity index (χ2n) is 5.05. The summed E-state index contributed by atoms with van der Waals surface area (Å²) < 4.78 is 0. The molecular weight excluding hydrogens is 236 g/mol. The Morgan fingerprint density at radius 3 is 2.41 bits per heavy atom. The highest BCUT2D eigenvalue weighted by atomic mass is 35.5. The van der Waals surface area contributed by atoms with E-state index in [9.17, 15) is 5.11 Å². The molecule has 1 unspecified atom stereocenters. The van der Waals surface area contributed by atoms with Gasteiger partial charge in [-0.2, -0.15) is 0 Å². The molecule has 96 valence electrons.